The van der Waals surface area contributed by atoms with E-state index in [9.17, 15) is 4.79 Å². The van der Waals surface area contributed by atoms with Crippen LogP contribution in [0.4, 0.5) is 5.82 Å². The summed E-state index contributed by atoms with van der Waals surface area (Å²) in [5.74, 6) is 1.34. The van der Waals surface area contributed by atoms with E-state index in [1.807, 2.05) is 31.2 Å². The van der Waals surface area contributed by atoms with Gasteiger partial charge in [0.1, 0.15) is 17.7 Å². The maximum atomic E-state index is 11.7. The number of carbonyl (C=O) groups is 1. The first-order valence-corrected chi connectivity index (χ1v) is 8.35. The van der Waals surface area contributed by atoms with Crippen LogP contribution in [0, 0.1) is 12.3 Å². The molecule has 1 saturated carbocycles. The number of nitrogens with zero attached hydrogens (tertiary/aromatic N) is 3. The number of carbonyl (C=O) groups excluding carboxylic acids is 1. The monoisotopic (exact) mass is 324 g/mol. The summed E-state index contributed by atoms with van der Waals surface area (Å²) in [6.45, 7) is 2.45. The van der Waals surface area contributed by atoms with E-state index in [1.54, 1.807) is 6.20 Å². The topological polar surface area (TPSA) is 77.0 Å². The Bertz CT molecular complexity index is 759. The van der Waals surface area contributed by atoms with Gasteiger partial charge in [-0.3, -0.25) is 9.78 Å². The molecular formula is C18H20N4O2. The van der Waals surface area contributed by atoms with E-state index in [-0.39, 0.29) is 17.5 Å². The third-order valence-corrected chi connectivity index (χ3v) is 5.04. The molecule has 0 aromatic carbocycles. The molecule has 1 atom stereocenters. The molecule has 2 fully saturated rings. The molecule has 1 saturated heterocycles. The Morgan fingerprint density at radius 3 is 2.88 bits per heavy atom. The Morgan fingerprint density at radius 2 is 2.17 bits per heavy atom. The lowest BCUT2D eigenvalue weighted by Gasteiger charge is -2.40. The highest BCUT2D eigenvalue weighted by atomic mass is 16.6. The zero-order chi connectivity index (χ0) is 16.6. The van der Waals surface area contributed by atoms with E-state index in [1.165, 1.54) is 6.42 Å². The summed E-state index contributed by atoms with van der Waals surface area (Å²) >= 11 is 0. The van der Waals surface area contributed by atoms with Gasteiger partial charge in [0.05, 0.1) is 24.4 Å². The first kappa shape index (κ1) is 15.1. The van der Waals surface area contributed by atoms with Crippen LogP contribution in [0.2, 0.25) is 0 Å². The van der Waals surface area contributed by atoms with Gasteiger partial charge in [-0.15, -0.1) is 0 Å². The normalized spacial score (nSPS) is 21.4. The van der Waals surface area contributed by atoms with Crippen molar-refractivity contribution in [2.45, 2.75) is 38.7 Å². The number of anilines is 1. The molecule has 6 heteroatoms. The highest BCUT2D eigenvalue weighted by Crippen LogP contribution is 2.51. The zero-order valence-corrected chi connectivity index (χ0v) is 13.7. The Kier molecular flexibility index (Phi) is 3.67. The summed E-state index contributed by atoms with van der Waals surface area (Å²) in [7, 11) is 0. The SMILES string of the molecule is Cc1nc(NCC2OC(=O)CC23CCC3)cc(-c2ccccn2)n1. The van der Waals surface area contributed by atoms with Gasteiger partial charge in [-0.2, -0.15) is 0 Å². The van der Waals surface area contributed by atoms with Crippen LogP contribution in [-0.2, 0) is 9.53 Å². The molecule has 1 spiro atoms. The maximum Gasteiger partial charge on any atom is 0.306 e. The summed E-state index contributed by atoms with van der Waals surface area (Å²) in [6.07, 6.45) is 5.58. The van der Waals surface area contributed by atoms with E-state index >= 15 is 0 Å². The summed E-state index contributed by atoms with van der Waals surface area (Å²) in [4.78, 5) is 24.9. The lowest BCUT2D eigenvalue weighted by atomic mass is 9.64. The Labute approximate surface area is 140 Å². The van der Waals surface area contributed by atoms with Crippen molar-refractivity contribution in [3.05, 3.63) is 36.3 Å². The van der Waals surface area contributed by atoms with Crippen molar-refractivity contribution in [2.24, 2.45) is 5.41 Å². The highest BCUT2D eigenvalue weighted by Gasteiger charge is 2.52. The second-order valence-electron chi connectivity index (χ2n) is 6.65. The first-order valence-electron chi connectivity index (χ1n) is 8.35. The molecule has 24 heavy (non-hydrogen) atoms. The predicted octanol–water partition coefficient (Wildman–Crippen LogP) is 2.74. The highest BCUT2D eigenvalue weighted by molar-refractivity contribution is 5.73. The molecule has 3 heterocycles. The van der Waals surface area contributed by atoms with Crippen molar-refractivity contribution in [3.63, 3.8) is 0 Å². The van der Waals surface area contributed by atoms with E-state index in [4.69, 9.17) is 4.74 Å². The fraction of sp³-hybridized carbons (Fsp3) is 0.444. The molecule has 124 valence electrons. The molecule has 2 aliphatic rings. The van der Waals surface area contributed by atoms with Crippen LogP contribution in [0.25, 0.3) is 11.4 Å². The van der Waals surface area contributed by atoms with Crippen molar-refractivity contribution in [3.8, 4) is 11.4 Å². The van der Waals surface area contributed by atoms with Gasteiger partial charge in [0.25, 0.3) is 0 Å². The molecule has 4 rings (SSSR count). The van der Waals surface area contributed by atoms with Gasteiger partial charge in [0.2, 0.25) is 0 Å². The van der Waals surface area contributed by atoms with Crippen molar-refractivity contribution in [2.75, 3.05) is 11.9 Å². The van der Waals surface area contributed by atoms with E-state index < -0.39 is 0 Å². The number of nitrogens with one attached hydrogen (secondary N) is 1. The largest absolute Gasteiger partial charge is 0.460 e. The summed E-state index contributed by atoms with van der Waals surface area (Å²) in [6, 6.07) is 7.63. The van der Waals surface area contributed by atoms with Gasteiger partial charge in [0.15, 0.2) is 0 Å². The number of pyridine rings is 1. The smallest absolute Gasteiger partial charge is 0.306 e. The van der Waals surface area contributed by atoms with Crippen LogP contribution in [-0.4, -0.2) is 33.6 Å². The van der Waals surface area contributed by atoms with Crippen molar-refractivity contribution in [1.29, 1.82) is 0 Å². The predicted molar refractivity (Wildman–Crippen MR) is 89.3 cm³/mol. The molecular weight excluding hydrogens is 304 g/mol. The van der Waals surface area contributed by atoms with Gasteiger partial charge in [0, 0.05) is 17.7 Å². The average Bonchev–Trinajstić information content (AvgIpc) is 2.90. The van der Waals surface area contributed by atoms with Crippen molar-refractivity contribution >= 4 is 11.8 Å². The molecule has 2 aromatic rings. The number of hydrogen-bond donors (Lipinski definition) is 1. The minimum Gasteiger partial charge on any atom is -0.460 e. The second-order valence-corrected chi connectivity index (χ2v) is 6.65. The minimum atomic E-state index is -0.0745. The van der Waals surface area contributed by atoms with Crippen molar-refractivity contribution in [1.82, 2.24) is 15.0 Å². The number of esters is 1. The molecule has 1 N–H and O–H groups in total. The van der Waals surface area contributed by atoms with E-state index in [0.717, 1.165) is 30.0 Å². The number of aryl methyl sites for hydroxylation is 1. The second kappa shape index (κ2) is 5.85. The van der Waals surface area contributed by atoms with Crippen LogP contribution < -0.4 is 5.32 Å². The molecule has 1 aliphatic carbocycles. The van der Waals surface area contributed by atoms with Crippen LogP contribution in [0.15, 0.2) is 30.5 Å². The van der Waals surface area contributed by atoms with E-state index in [2.05, 4.69) is 20.3 Å². The number of cyclic esters (lactones) is 1. The van der Waals surface area contributed by atoms with Crippen LogP contribution in [0.1, 0.15) is 31.5 Å². The van der Waals surface area contributed by atoms with Gasteiger partial charge in [-0.1, -0.05) is 12.5 Å². The third-order valence-electron chi connectivity index (χ3n) is 5.04. The number of rotatable bonds is 4. The quantitative estimate of drug-likeness (QED) is 0.872. The molecule has 6 nitrogen and oxygen atoms in total. The summed E-state index contributed by atoms with van der Waals surface area (Å²) < 4.78 is 5.53. The first-order chi connectivity index (χ1) is 11.6. The molecule has 0 radical (unpaired) electrons. The van der Waals surface area contributed by atoms with Crippen LogP contribution in [0.3, 0.4) is 0 Å². The van der Waals surface area contributed by atoms with Crippen molar-refractivity contribution < 1.29 is 9.53 Å². The van der Waals surface area contributed by atoms with Crippen LogP contribution in [0.5, 0.6) is 0 Å². The molecule has 0 bridgehead atoms. The number of aromatic nitrogens is 3. The standard InChI is InChI=1S/C18H20N4O2/c1-12-21-14(13-5-2-3-8-19-13)9-16(22-12)20-11-15-18(6-4-7-18)10-17(23)24-15/h2-3,5,8-9,15H,4,6-7,10-11H2,1H3,(H,20,21,22). The summed E-state index contributed by atoms with van der Waals surface area (Å²) in [5, 5.41) is 3.33. The molecule has 2 aromatic heterocycles. The van der Waals surface area contributed by atoms with Gasteiger partial charge < -0.3 is 10.1 Å². The molecule has 1 aliphatic heterocycles. The Balaban J connectivity index is 1.51. The fourth-order valence-corrected chi connectivity index (χ4v) is 3.62. The van der Waals surface area contributed by atoms with Gasteiger partial charge in [-0.05, 0) is 31.9 Å². The van der Waals surface area contributed by atoms with Gasteiger partial charge >= 0.3 is 5.97 Å². The molecule has 1 unspecified atom stereocenters. The lowest BCUT2D eigenvalue weighted by molar-refractivity contribution is -0.141. The number of ether oxygens (including phenoxy) is 1. The minimum absolute atomic E-state index is 0.0516. The number of hydrogen-bond acceptors (Lipinski definition) is 6. The van der Waals surface area contributed by atoms with Crippen LogP contribution >= 0.6 is 0 Å². The Hall–Kier alpha value is -2.50. The van der Waals surface area contributed by atoms with E-state index in [0.29, 0.717) is 18.8 Å². The lowest BCUT2D eigenvalue weighted by Crippen LogP contribution is -2.41. The fourth-order valence-electron chi connectivity index (χ4n) is 3.62. The average molecular weight is 324 g/mol. The zero-order valence-electron chi connectivity index (χ0n) is 13.7. The van der Waals surface area contributed by atoms with Gasteiger partial charge in [-0.25, -0.2) is 9.97 Å². The summed E-state index contributed by atoms with van der Waals surface area (Å²) in [5.41, 5.74) is 1.65. The molecule has 0 amide bonds. The maximum absolute atomic E-state index is 11.7. The Morgan fingerprint density at radius 1 is 1.29 bits per heavy atom. The third kappa shape index (κ3) is 2.72.